The number of imidazole rings is 1. The van der Waals surface area contributed by atoms with Crippen LogP contribution in [-0.2, 0) is 6.42 Å². The monoisotopic (exact) mass is 403 g/mol. The van der Waals surface area contributed by atoms with Crippen molar-refractivity contribution in [3.05, 3.63) is 59.7 Å². The number of rotatable bonds is 4. The van der Waals surface area contributed by atoms with Gasteiger partial charge in [-0.25, -0.2) is 9.37 Å². The number of aromatic nitrogens is 4. The van der Waals surface area contributed by atoms with E-state index in [4.69, 9.17) is 0 Å². The second kappa shape index (κ2) is 7.11. The Morgan fingerprint density at radius 2 is 2.03 bits per heavy atom. The summed E-state index contributed by atoms with van der Waals surface area (Å²) in [5.41, 5.74) is 5.14. The van der Waals surface area contributed by atoms with Gasteiger partial charge >= 0.3 is 0 Å². The van der Waals surface area contributed by atoms with Gasteiger partial charge in [0.1, 0.15) is 17.0 Å². The first kappa shape index (κ1) is 18.6. The summed E-state index contributed by atoms with van der Waals surface area (Å²) in [6.07, 6.45) is 4.64. The van der Waals surface area contributed by atoms with Crippen LogP contribution < -0.4 is 5.32 Å². The van der Waals surface area contributed by atoms with Gasteiger partial charge in [0.2, 0.25) is 0 Å². The number of aryl methyl sites for hydroxylation is 1. The van der Waals surface area contributed by atoms with Crippen molar-refractivity contribution in [2.45, 2.75) is 26.3 Å². The summed E-state index contributed by atoms with van der Waals surface area (Å²) in [6, 6.07) is 8.95. The number of benzene rings is 2. The fourth-order valence-corrected chi connectivity index (χ4v) is 4.06. The maximum atomic E-state index is 15.4. The first-order chi connectivity index (χ1) is 14.5. The maximum absolute atomic E-state index is 15.4. The molecule has 0 spiro atoms. The Morgan fingerprint density at radius 3 is 2.80 bits per heavy atom. The topological polar surface area (TPSA) is 89.6 Å². The molecule has 6 nitrogen and oxygen atoms in total. The molecule has 4 aromatic rings. The molecular formula is C23H22FN5O. The molecule has 1 atom stereocenters. The summed E-state index contributed by atoms with van der Waals surface area (Å²) in [7, 11) is 0. The van der Waals surface area contributed by atoms with Crippen molar-refractivity contribution in [2.24, 2.45) is 0 Å². The molecule has 2 aromatic heterocycles. The number of phenolic OH excluding ortho intramolecular Hbond substituents is 1. The molecule has 152 valence electrons. The number of H-pyrrole nitrogens is 2. The van der Waals surface area contributed by atoms with E-state index < -0.39 is 5.82 Å². The molecule has 1 unspecified atom stereocenters. The van der Waals surface area contributed by atoms with Crippen LogP contribution in [0.2, 0.25) is 0 Å². The van der Waals surface area contributed by atoms with Crippen LogP contribution in [0, 0.1) is 5.82 Å². The highest BCUT2D eigenvalue weighted by molar-refractivity contribution is 5.95. The van der Waals surface area contributed by atoms with E-state index in [1.54, 1.807) is 30.5 Å². The Kier molecular flexibility index (Phi) is 4.40. The van der Waals surface area contributed by atoms with Crippen LogP contribution in [0.3, 0.4) is 0 Å². The van der Waals surface area contributed by atoms with Gasteiger partial charge in [-0.1, -0.05) is 25.1 Å². The fourth-order valence-electron chi connectivity index (χ4n) is 4.06. The number of aromatic hydroxyl groups is 1. The molecule has 3 heterocycles. The molecule has 0 bridgehead atoms. The highest BCUT2D eigenvalue weighted by Crippen LogP contribution is 2.35. The Morgan fingerprint density at radius 1 is 1.20 bits per heavy atom. The molecular weight excluding hydrogens is 381 g/mol. The molecule has 1 aliphatic heterocycles. The largest absolute Gasteiger partial charge is 0.508 e. The SMILES string of the molecule is CCc1cc(O)ccc1-c1ccc2c(-c3ncc(C4=CC(C)NC4)[nH]3)[nH]nc2c1F. The standard InChI is InChI=1S/C23H22FN5O/c1-3-13-9-15(30)4-5-16(13)17-6-7-18-21(20(17)24)28-29-22(18)23-26-11-19(27-23)14-8-12(2)25-10-14/h4-9,11-12,25,30H,3,10H2,1-2H3,(H,26,27)(H,28,29). The van der Waals surface area contributed by atoms with Gasteiger partial charge in [0, 0.05) is 23.5 Å². The molecule has 5 rings (SSSR count). The van der Waals surface area contributed by atoms with E-state index in [-0.39, 0.29) is 11.3 Å². The summed E-state index contributed by atoms with van der Waals surface area (Å²) in [5, 5.41) is 21.0. The zero-order valence-electron chi connectivity index (χ0n) is 16.8. The van der Waals surface area contributed by atoms with Crippen molar-refractivity contribution < 1.29 is 9.50 Å². The van der Waals surface area contributed by atoms with E-state index in [0.717, 1.165) is 28.9 Å². The third-order valence-corrected chi connectivity index (χ3v) is 5.65. The Labute approximate surface area is 172 Å². The van der Waals surface area contributed by atoms with Crippen molar-refractivity contribution in [3.8, 4) is 28.4 Å². The molecule has 0 amide bonds. The van der Waals surface area contributed by atoms with Crippen LogP contribution in [0.4, 0.5) is 4.39 Å². The first-order valence-corrected chi connectivity index (χ1v) is 10.0. The number of phenols is 1. The van der Waals surface area contributed by atoms with E-state index >= 15 is 4.39 Å². The van der Waals surface area contributed by atoms with Gasteiger partial charge in [-0.15, -0.1) is 0 Å². The third kappa shape index (κ3) is 2.98. The van der Waals surface area contributed by atoms with E-state index in [1.165, 1.54) is 0 Å². The lowest BCUT2D eigenvalue weighted by Gasteiger charge is -2.10. The minimum atomic E-state index is -0.390. The van der Waals surface area contributed by atoms with Gasteiger partial charge in [-0.3, -0.25) is 5.10 Å². The Hall–Kier alpha value is -3.45. The molecule has 0 fully saturated rings. The number of fused-ring (bicyclic) bond motifs is 1. The highest BCUT2D eigenvalue weighted by Gasteiger charge is 2.20. The summed E-state index contributed by atoms with van der Waals surface area (Å²) < 4.78 is 15.4. The van der Waals surface area contributed by atoms with Gasteiger partial charge in [-0.05, 0) is 48.2 Å². The van der Waals surface area contributed by atoms with Crippen molar-refractivity contribution in [3.63, 3.8) is 0 Å². The Bertz CT molecular complexity index is 1290. The van der Waals surface area contributed by atoms with E-state index in [0.29, 0.717) is 34.9 Å². The number of halogens is 1. The predicted octanol–water partition coefficient (Wildman–Crippen LogP) is 4.40. The number of nitrogens with zero attached hydrogens (tertiary/aromatic N) is 2. The predicted molar refractivity (Wildman–Crippen MR) is 116 cm³/mol. The number of hydrogen-bond donors (Lipinski definition) is 4. The van der Waals surface area contributed by atoms with Crippen LogP contribution in [-0.4, -0.2) is 37.9 Å². The maximum Gasteiger partial charge on any atom is 0.159 e. The number of aromatic amines is 2. The zero-order chi connectivity index (χ0) is 20.8. The third-order valence-electron chi connectivity index (χ3n) is 5.65. The molecule has 4 N–H and O–H groups in total. The second-order valence-corrected chi connectivity index (χ2v) is 7.62. The zero-order valence-corrected chi connectivity index (χ0v) is 16.8. The quantitative estimate of drug-likeness (QED) is 0.407. The summed E-state index contributed by atoms with van der Waals surface area (Å²) in [5.74, 6) is 0.410. The summed E-state index contributed by atoms with van der Waals surface area (Å²) in [6.45, 7) is 4.87. The highest BCUT2D eigenvalue weighted by atomic mass is 19.1. The molecule has 1 aliphatic rings. The number of nitrogens with one attached hydrogen (secondary N) is 3. The molecule has 30 heavy (non-hydrogen) atoms. The van der Waals surface area contributed by atoms with E-state index in [9.17, 15) is 5.11 Å². The van der Waals surface area contributed by atoms with Gasteiger partial charge in [0.25, 0.3) is 0 Å². The van der Waals surface area contributed by atoms with Crippen molar-refractivity contribution >= 4 is 16.5 Å². The lowest BCUT2D eigenvalue weighted by atomic mass is 9.96. The lowest BCUT2D eigenvalue weighted by molar-refractivity contribution is 0.474. The van der Waals surface area contributed by atoms with Crippen LogP contribution in [0.15, 0.2) is 42.6 Å². The lowest BCUT2D eigenvalue weighted by Crippen LogP contribution is -2.17. The van der Waals surface area contributed by atoms with Crippen molar-refractivity contribution in [2.75, 3.05) is 6.54 Å². The van der Waals surface area contributed by atoms with E-state index in [2.05, 4.69) is 38.5 Å². The Balaban J connectivity index is 1.57. The fraction of sp³-hybridized carbons (Fsp3) is 0.217. The van der Waals surface area contributed by atoms with Gasteiger partial charge in [0.15, 0.2) is 11.6 Å². The molecule has 0 aliphatic carbocycles. The van der Waals surface area contributed by atoms with Crippen LogP contribution in [0.5, 0.6) is 5.75 Å². The minimum absolute atomic E-state index is 0.176. The average molecular weight is 403 g/mol. The normalized spacial score (nSPS) is 16.4. The van der Waals surface area contributed by atoms with Crippen molar-refractivity contribution in [1.29, 1.82) is 0 Å². The molecule has 7 heteroatoms. The van der Waals surface area contributed by atoms with Gasteiger partial charge in [-0.2, -0.15) is 5.10 Å². The smallest absolute Gasteiger partial charge is 0.159 e. The van der Waals surface area contributed by atoms with Crippen LogP contribution in [0.1, 0.15) is 25.1 Å². The van der Waals surface area contributed by atoms with E-state index in [1.807, 2.05) is 13.0 Å². The minimum Gasteiger partial charge on any atom is -0.508 e. The second-order valence-electron chi connectivity index (χ2n) is 7.62. The van der Waals surface area contributed by atoms with Crippen molar-refractivity contribution in [1.82, 2.24) is 25.5 Å². The molecule has 0 saturated heterocycles. The number of hydrogen-bond acceptors (Lipinski definition) is 4. The van der Waals surface area contributed by atoms with Gasteiger partial charge in [0.05, 0.1) is 11.9 Å². The summed E-state index contributed by atoms with van der Waals surface area (Å²) >= 11 is 0. The van der Waals surface area contributed by atoms with Crippen LogP contribution >= 0.6 is 0 Å². The molecule has 2 aromatic carbocycles. The summed E-state index contributed by atoms with van der Waals surface area (Å²) in [4.78, 5) is 7.80. The average Bonchev–Trinajstić information content (AvgIpc) is 3.47. The van der Waals surface area contributed by atoms with Gasteiger partial charge < -0.3 is 15.4 Å². The molecule has 0 saturated carbocycles. The first-order valence-electron chi connectivity index (χ1n) is 10.0. The molecule has 0 radical (unpaired) electrons. The van der Waals surface area contributed by atoms with Crippen LogP contribution in [0.25, 0.3) is 39.1 Å².